The van der Waals surface area contributed by atoms with E-state index in [0.29, 0.717) is 0 Å². The number of aromatic nitrogens is 1. The van der Waals surface area contributed by atoms with E-state index in [-0.39, 0.29) is 5.79 Å². The summed E-state index contributed by atoms with van der Waals surface area (Å²) in [5.74, 6) is -0.329. The topological polar surface area (TPSA) is 23.4 Å². The van der Waals surface area contributed by atoms with Crippen molar-refractivity contribution in [2.75, 3.05) is 13.2 Å². The van der Waals surface area contributed by atoms with E-state index in [0.717, 1.165) is 32.5 Å². The van der Waals surface area contributed by atoms with Crippen molar-refractivity contribution >= 4 is 16.5 Å². The molecule has 0 saturated carbocycles. The molecule has 1 fully saturated rings. The van der Waals surface area contributed by atoms with E-state index in [9.17, 15) is 0 Å². The molecule has 2 aliphatic rings. The molecule has 0 atom stereocenters. The Labute approximate surface area is 125 Å². The summed E-state index contributed by atoms with van der Waals surface area (Å²) in [4.78, 5) is 0. The SMILES string of the molecule is Cc1ccc2c(C3=CCC4(CC3)OCCO4)cn(C)c2c1. The van der Waals surface area contributed by atoms with Gasteiger partial charge in [-0.2, -0.15) is 0 Å². The molecule has 0 bridgehead atoms. The van der Waals surface area contributed by atoms with Gasteiger partial charge in [0.15, 0.2) is 5.79 Å². The van der Waals surface area contributed by atoms with E-state index in [2.05, 4.69) is 49.0 Å². The maximum absolute atomic E-state index is 5.80. The number of rotatable bonds is 1. The first kappa shape index (κ1) is 13.1. The van der Waals surface area contributed by atoms with E-state index in [1.807, 2.05) is 0 Å². The normalized spacial score (nSPS) is 21.1. The molecule has 0 N–H and O–H groups in total. The van der Waals surface area contributed by atoms with Gasteiger partial charge >= 0.3 is 0 Å². The van der Waals surface area contributed by atoms with Crippen LogP contribution in [-0.4, -0.2) is 23.6 Å². The number of hydrogen-bond donors (Lipinski definition) is 0. The van der Waals surface area contributed by atoms with Crippen molar-refractivity contribution in [3.8, 4) is 0 Å². The van der Waals surface area contributed by atoms with E-state index >= 15 is 0 Å². The molecule has 0 radical (unpaired) electrons. The van der Waals surface area contributed by atoms with Crippen molar-refractivity contribution in [3.63, 3.8) is 0 Å². The van der Waals surface area contributed by atoms with E-state index in [4.69, 9.17) is 9.47 Å². The molecule has 3 heteroatoms. The minimum absolute atomic E-state index is 0.329. The molecule has 1 aromatic carbocycles. The van der Waals surface area contributed by atoms with Gasteiger partial charge in [-0.1, -0.05) is 18.2 Å². The average Bonchev–Trinajstić information content (AvgIpc) is 3.06. The van der Waals surface area contributed by atoms with Crippen LogP contribution in [0.15, 0.2) is 30.5 Å². The standard InChI is InChI=1S/C18H21NO2/c1-13-3-4-15-16(12-19(2)17(15)11-13)14-5-7-18(8-6-14)20-9-10-21-18/h3-5,11-12H,6-10H2,1-2H3. The van der Waals surface area contributed by atoms with Gasteiger partial charge in [-0.25, -0.2) is 0 Å². The van der Waals surface area contributed by atoms with Gasteiger partial charge < -0.3 is 14.0 Å². The highest BCUT2D eigenvalue weighted by Crippen LogP contribution is 2.40. The Balaban J connectivity index is 1.73. The number of allylic oxidation sites excluding steroid dienone is 1. The van der Waals surface area contributed by atoms with Gasteiger partial charge in [-0.3, -0.25) is 0 Å². The second-order valence-electron chi connectivity index (χ2n) is 6.22. The summed E-state index contributed by atoms with van der Waals surface area (Å²) in [7, 11) is 2.12. The quantitative estimate of drug-likeness (QED) is 0.794. The summed E-state index contributed by atoms with van der Waals surface area (Å²) >= 11 is 0. The van der Waals surface area contributed by atoms with Crippen molar-refractivity contribution in [2.45, 2.75) is 32.0 Å². The zero-order chi connectivity index (χ0) is 14.4. The third kappa shape index (κ3) is 2.12. The predicted octanol–water partition coefficient (Wildman–Crippen LogP) is 3.80. The molecule has 1 aliphatic heterocycles. The zero-order valence-corrected chi connectivity index (χ0v) is 12.7. The first-order chi connectivity index (χ1) is 10.2. The van der Waals surface area contributed by atoms with Crippen LogP contribution in [0, 0.1) is 6.92 Å². The molecule has 2 heterocycles. The van der Waals surface area contributed by atoms with Crippen LogP contribution in [0.4, 0.5) is 0 Å². The molecule has 21 heavy (non-hydrogen) atoms. The van der Waals surface area contributed by atoms with Crippen molar-refractivity contribution in [3.05, 3.63) is 41.6 Å². The molecule has 3 nitrogen and oxygen atoms in total. The van der Waals surface area contributed by atoms with Crippen LogP contribution in [-0.2, 0) is 16.5 Å². The fraction of sp³-hybridized carbons (Fsp3) is 0.444. The maximum Gasteiger partial charge on any atom is 0.172 e. The second-order valence-corrected chi connectivity index (χ2v) is 6.22. The first-order valence-electron chi connectivity index (χ1n) is 7.70. The predicted molar refractivity (Wildman–Crippen MR) is 84.1 cm³/mol. The summed E-state index contributed by atoms with van der Waals surface area (Å²) in [5.41, 5.74) is 5.40. The van der Waals surface area contributed by atoms with Crippen molar-refractivity contribution in [1.82, 2.24) is 4.57 Å². The highest BCUT2D eigenvalue weighted by atomic mass is 16.7. The second kappa shape index (κ2) is 4.72. The lowest BCUT2D eigenvalue weighted by atomic mass is 9.89. The molecule has 0 amide bonds. The summed E-state index contributed by atoms with van der Waals surface area (Å²) < 4.78 is 13.8. The van der Waals surface area contributed by atoms with Gasteiger partial charge in [-0.15, -0.1) is 0 Å². The van der Waals surface area contributed by atoms with Crippen LogP contribution in [0.3, 0.4) is 0 Å². The molecule has 0 unspecified atom stereocenters. The molecule has 110 valence electrons. The van der Waals surface area contributed by atoms with E-state index < -0.39 is 0 Å². The number of benzene rings is 1. The fourth-order valence-corrected chi connectivity index (χ4v) is 3.56. The van der Waals surface area contributed by atoms with Crippen molar-refractivity contribution in [1.29, 1.82) is 0 Å². The monoisotopic (exact) mass is 283 g/mol. The van der Waals surface area contributed by atoms with Gasteiger partial charge in [0.1, 0.15) is 0 Å². The molecule has 4 rings (SSSR count). The summed E-state index contributed by atoms with van der Waals surface area (Å²) in [6, 6.07) is 6.70. The van der Waals surface area contributed by atoms with Gasteiger partial charge in [0.25, 0.3) is 0 Å². The lowest BCUT2D eigenvalue weighted by Gasteiger charge is -2.30. The van der Waals surface area contributed by atoms with Crippen LogP contribution >= 0.6 is 0 Å². The Morgan fingerprint density at radius 2 is 2.00 bits per heavy atom. The first-order valence-corrected chi connectivity index (χ1v) is 7.70. The molecule has 1 aliphatic carbocycles. The Hall–Kier alpha value is -1.58. The van der Waals surface area contributed by atoms with Crippen LogP contribution < -0.4 is 0 Å². The van der Waals surface area contributed by atoms with Crippen molar-refractivity contribution < 1.29 is 9.47 Å². The number of hydrogen-bond acceptors (Lipinski definition) is 2. The Kier molecular flexibility index (Phi) is 2.95. The van der Waals surface area contributed by atoms with Crippen LogP contribution in [0.25, 0.3) is 16.5 Å². The van der Waals surface area contributed by atoms with E-state index in [1.165, 1.54) is 27.6 Å². The number of ether oxygens (including phenoxy) is 2. The number of aryl methyl sites for hydroxylation is 2. The third-order valence-electron chi connectivity index (χ3n) is 4.74. The lowest BCUT2D eigenvalue weighted by molar-refractivity contribution is -0.159. The summed E-state index contributed by atoms with van der Waals surface area (Å²) in [6.07, 6.45) is 7.41. The number of fused-ring (bicyclic) bond motifs is 1. The lowest BCUT2D eigenvalue weighted by Crippen LogP contribution is -2.31. The van der Waals surface area contributed by atoms with Crippen LogP contribution in [0.1, 0.15) is 30.4 Å². The average molecular weight is 283 g/mol. The minimum atomic E-state index is -0.329. The van der Waals surface area contributed by atoms with Gasteiger partial charge in [0.05, 0.1) is 13.2 Å². The van der Waals surface area contributed by atoms with Gasteiger partial charge in [0, 0.05) is 42.6 Å². The molecule has 1 saturated heterocycles. The Morgan fingerprint density at radius 1 is 1.19 bits per heavy atom. The Bertz CT molecular complexity index is 720. The highest BCUT2D eigenvalue weighted by Gasteiger charge is 2.37. The van der Waals surface area contributed by atoms with Crippen LogP contribution in [0.2, 0.25) is 0 Å². The highest BCUT2D eigenvalue weighted by molar-refractivity contribution is 5.93. The minimum Gasteiger partial charge on any atom is -0.350 e. The molecule has 2 aromatic rings. The number of nitrogens with zero attached hydrogens (tertiary/aromatic N) is 1. The van der Waals surface area contributed by atoms with E-state index in [1.54, 1.807) is 0 Å². The maximum atomic E-state index is 5.80. The summed E-state index contributed by atoms with van der Waals surface area (Å²) in [6.45, 7) is 3.61. The van der Waals surface area contributed by atoms with Crippen molar-refractivity contribution in [2.24, 2.45) is 7.05 Å². The van der Waals surface area contributed by atoms with Gasteiger partial charge in [-0.05, 0) is 30.5 Å². The smallest absolute Gasteiger partial charge is 0.172 e. The third-order valence-corrected chi connectivity index (χ3v) is 4.74. The van der Waals surface area contributed by atoms with Crippen LogP contribution in [0.5, 0.6) is 0 Å². The molecular weight excluding hydrogens is 262 g/mol. The molecular formula is C18H21NO2. The largest absolute Gasteiger partial charge is 0.350 e. The zero-order valence-electron chi connectivity index (χ0n) is 12.7. The van der Waals surface area contributed by atoms with Gasteiger partial charge in [0.2, 0.25) is 0 Å². The molecule has 1 aromatic heterocycles. The fourth-order valence-electron chi connectivity index (χ4n) is 3.56. The Morgan fingerprint density at radius 3 is 2.71 bits per heavy atom. The molecule has 1 spiro atoms. The summed E-state index contributed by atoms with van der Waals surface area (Å²) in [5, 5.41) is 1.35.